The molecule has 3 heteroatoms. The first-order valence-corrected chi connectivity index (χ1v) is 6.72. The highest BCUT2D eigenvalue weighted by atomic mass is 16.5. The van der Waals surface area contributed by atoms with Crippen molar-refractivity contribution in [2.75, 3.05) is 6.61 Å². The number of ketones is 1. The molecule has 1 aromatic heterocycles. The fourth-order valence-electron chi connectivity index (χ4n) is 1.53. The molecular weight excluding hydrogens is 238 g/mol. The van der Waals surface area contributed by atoms with Gasteiger partial charge in [-0.1, -0.05) is 41.5 Å². The molecule has 1 aromatic rings. The molecule has 0 aliphatic heterocycles. The summed E-state index contributed by atoms with van der Waals surface area (Å²) in [7, 11) is 0. The third-order valence-electron chi connectivity index (χ3n) is 2.78. The lowest BCUT2D eigenvalue weighted by Gasteiger charge is -2.19. The minimum Gasteiger partial charge on any atom is -0.492 e. The van der Waals surface area contributed by atoms with Gasteiger partial charge in [-0.3, -0.25) is 9.78 Å². The molecule has 0 atom stereocenters. The lowest BCUT2D eigenvalue weighted by Crippen LogP contribution is -2.20. The standard InChI is InChI=1S/C16H25NO2/c1-15(2,3)7-8-19-13-9-12(10-17-11-13)14(18)16(4,5)6/h9-11H,7-8H2,1-6H3. The highest BCUT2D eigenvalue weighted by Gasteiger charge is 2.23. The van der Waals surface area contributed by atoms with E-state index in [0.29, 0.717) is 17.9 Å². The van der Waals surface area contributed by atoms with Crippen LogP contribution < -0.4 is 4.74 Å². The van der Waals surface area contributed by atoms with Gasteiger partial charge in [0.25, 0.3) is 0 Å². The van der Waals surface area contributed by atoms with Crippen molar-refractivity contribution in [3.8, 4) is 5.75 Å². The Morgan fingerprint density at radius 3 is 2.32 bits per heavy atom. The molecule has 0 N–H and O–H groups in total. The van der Waals surface area contributed by atoms with Crippen LogP contribution in [0.2, 0.25) is 0 Å². The number of nitrogens with zero attached hydrogens (tertiary/aromatic N) is 1. The number of pyridine rings is 1. The summed E-state index contributed by atoms with van der Waals surface area (Å²) in [5.41, 5.74) is 0.457. The van der Waals surface area contributed by atoms with Gasteiger partial charge in [0, 0.05) is 17.2 Å². The highest BCUT2D eigenvalue weighted by molar-refractivity contribution is 5.99. The Morgan fingerprint density at radius 1 is 1.16 bits per heavy atom. The number of ether oxygens (including phenoxy) is 1. The first-order chi connectivity index (χ1) is 8.59. The Hall–Kier alpha value is -1.38. The lowest BCUT2D eigenvalue weighted by molar-refractivity contribution is 0.0857. The molecule has 106 valence electrons. The predicted octanol–water partition coefficient (Wildman–Crippen LogP) is 4.13. The summed E-state index contributed by atoms with van der Waals surface area (Å²) in [6, 6.07) is 1.78. The molecule has 0 spiro atoms. The van der Waals surface area contributed by atoms with Gasteiger partial charge < -0.3 is 4.74 Å². The molecule has 0 saturated heterocycles. The van der Waals surface area contributed by atoms with Crippen LogP contribution in [-0.2, 0) is 0 Å². The van der Waals surface area contributed by atoms with Crippen molar-refractivity contribution in [2.24, 2.45) is 10.8 Å². The molecule has 0 aliphatic carbocycles. The summed E-state index contributed by atoms with van der Waals surface area (Å²) in [6.45, 7) is 12.9. The number of hydrogen-bond acceptors (Lipinski definition) is 3. The topological polar surface area (TPSA) is 39.2 Å². The summed E-state index contributed by atoms with van der Waals surface area (Å²) in [4.78, 5) is 16.2. The zero-order chi connectivity index (χ0) is 14.7. The van der Waals surface area contributed by atoms with E-state index in [1.54, 1.807) is 18.5 Å². The van der Waals surface area contributed by atoms with E-state index in [9.17, 15) is 4.79 Å². The second-order valence-corrected chi connectivity index (χ2v) is 7.15. The molecule has 0 saturated carbocycles. The third kappa shape index (κ3) is 5.41. The summed E-state index contributed by atoms with van der Waals surface area (Å²) in [5.74, 6) is 0.751. The summed E-state index contributed by atoms with van der Waals surface area (Å²) >= 11 is 0. The van der Waals surface area contributed by atoms with Crippen molar-refractivity contribution in [2.45, 2.75) is 48.0 Å². The number of carbonyl (C=O) groups excluding carboxylic acids is 1. The zero-order valence-electron chi connectivity index (χ0n) is 12.9. The van der Waals surface area contributed by atoms with E-state index >= 15 is 0 Å². The Labute approximate surface area is 116 Å². The molecule has 0 amide bonds. The van der Waals surface area contributed by atoms with Gasteiger partial charge in [-0.25, -0.2) is 0 Å². The van der Waals surface area contributed by atoms with Crippen LogP contribution in [0.25, 0.3) is 0 Å². The van der Waals surface area contributed by atoms with Gasteiger partial charge in [-0.15, -0.1) is 0 Å². The van der Waals surface area contributed by atoms with E-state index < -0.39 is 5.41 Å². The SMILES string of the molecule is CC(C)(C)CCOc1cncc(C(=O)C(C)(C)C)c1. The first kappa shape index (κ1) is 15.7. The van der Waals surface area contributed by atoms with Crippen molar-refractivity contribution >= 4 is 5.78 Å². The maximum atomic E-state index is 12.2. The van der Waals surface area contributed by atoms with Gasteiger partial charge in [0.05, 0.1) is 12.8 Å². The van der Waals surface area contributed by atoms with Crippen molar-refractivity contribution in [1.82, 2.24) is 4.98 Å². The van der Waals surface area contributed by atoms with Crippen LogP contribution in [0.15, 0.2) is 18.5 Å². The van der Waals surface area contributed by atoms with E-state index in [2.05, 4.69) is 25.8 Å². The number of rotatable bonds is 4. The van der Waals surface area contributed by atoms with Crippen LogP contribution in [0.3, 0.4) is 0 Å². The fourth-order valence-corrected chi connectivity index (χ4v) is 1.53. The van der Waals surface area contributed by atoms with Crippen molar-refractivity contribution < 1.29 is 9.53 Å². The van der Waals surface area contributed by atoms with Crippen LogP contribution in [0.4, 0.5) is 0 Å². The molecule has 0 bridgehead atoms. The van der Waals surface area contributed by atoms with E-state index in [1.807, 2.05) is 20.8 Å². The van der Waals surface area contributed by atoms with Gasteiger partial charge in [-0.2, -0.15) is 0 Å². The first-order valence-electron chi connectivity index (χ1n) is 6.72. The molecule has 0 radical (unpaired) electrons. The van der Waals surface area contributed by atoms with Gasteiger partial charge in [0.2, 0.25) is 0 Å². The zero-order valence-corrected chi connectivity index (χ0v) is 12.9. The molecule has 1 rings (SSSR count). The van der Waals surface area contributed by atoms with E-state index in [4.69, 9.17) is 4.74 Å². The van der Waals surface area contributed by atoms with Crippen molar-refractivity contribution in [3.63, 3.8) is 0 Å². The van der Waals surface area contributed by atoms with Gasteiger partial charge >= 0.3 is 0 Å². The van der Waals surface area contributed by atoms with Gasteiger partial charge in [-0.05, 0) is 17.9 Å². The van der Waals surface area contributed by atoms with Crippen LogP contribution in [0, 0.1) is 10.8 Å². The van der Waals surface area contributed by atoms with E-state index in [-0.39, 0.29) is 11.2 Å². The van der Waals surface area contributed by atoms with Crippen molar-refractivity contribution in [3.05, 3.63) is 24.0 Å². The maximum absolute atomic E-state index is 12.2. The summed E-state index contributed by atoms with van der Waals surface area (Å²) < 4.78 is 5.67. The highest BCUT2D eigenvalue weighted by Crippen LogP contribution is 2.23. The summed E-state index contributed by atoms with van der Waals surface area (Å²) in [6.07, 6.45) is 4.22. The second-order valence-electron chi connectivity index (χ2n) is 7.15. The summed E-state index contributed by atoms with van der Waals surface area (Å²) in [5, 5.41) is 0. The van der Waals surface area contributed by atoms with Crippen LogP contribution in [-0.4, -0.2) is 17.4 Å². The quantitative estimate of drug-likeness (QED) is 0.767. The number of carbonyl (C=O) groups is 1. The second kappa shape index (κ2) is 5.72. The minimum atomic E-state index is -0.397. The largest absolute Gasteiger partial charge is 0.492 e. The van der Waals surface area contributed by atoms with Gasteiger partial charge in [0.1, 0.15) is 5.75 Å². The van der Waals surface area contributed by atoms with Crippen LogP contribution in [0.5, 0.6) is 5.75 Å². The predicted molar refractivity (Wildman–Crippen MR) is 77.6 cm³/mol. The molecular formula is C16H25NO2. The minimum absolute atomic E-state index is 0.0845. The Bertz CT molecular complexity index is 439. The Morgan fingerprint density at radius 2 is 1.79 bits per heavy atom. The van der Waals surface area contributed by atoms with Crippen molar-refractivity contribution in [1.29, 1.82) is 0 Å². The van der Waals surface area contributed by atoms with Crippen LogP contribution >= 0.6 is 0 Å². The van der Waals surface area contributed by atoms with E-state index in [0.717, 1.165) is 6.42 Å². The van der Waals surface area contributed by atoms with Crippen LogP contribution in [0.1, 0.15) is 58.3 Å². The van der Waals surface area contributed by atoms with Gasteiger partial charge in [0.15, 0.2) is 5.78 Å². The molecule has 19 heavy (non-hydrogen) atoms. The monoisotopic (exact) mass is 263 g/mol. The number of aromatic nitrogens is 1. The third-order valence-corrected chi connectivity index (χ3v) is 2.78. The lowest BCUT2D eigenvalue weighted by atomic mass is 9.87. The molecule has 1 heterocycles. The maximum Gasteiger partial charge on any atom is 0.169 e. The smallest absolute Gasteiger partial charge is 0.169 e. The average Bonchev–Trinajstić information content (AvgIpc) is 2.25. The van der Waals surface area contributed by atoms with E-state index in [1.165, 1.54) is 0 Å². The fraction of sp³-hybridized carbons (Fsp3) is 0.625. The molecule has 0 unspecified atom stereocenters. The average molecular weight is 263 g/mol. The normalized spacial score (nSPS) is 12.3. The Kier molecular flexibility index (Phi) is 4.72. The molecule has 0 fully saturated rings. The molecule has 0 aromatic carbocycles. The number of Topliss-reactive ketones (excluding diaryl/α,β-unsaturated/α-hetero) is 1. The Balaban J connectivity index is 2.70. The molecule has 0 aliphatic rings. The molecule has 3 nitrogen and oxygen atoms in total. The number of hydrogen-bond donors (Lipinski definition) is 0.